The van der Waals surface area contributed by atoms with Crippen molar-refractivity contribution >= 4 is 40.9 Å². The number of hydrogen-bond donors (Lipinski definition) is 2. The van der Waals surface area contributed by atoms with Gasteiger partial charge in [-0.25, -0.2) is 4.39 Å². The van der Waals surface area contributed by atoms with Crippen molar-refractivity contribution in [1.29, 1.82) is 0 Å². The predicted octanol–water partition coefficient (Wildman–Crippen LogP) is 4.91. The fourth-order valence-electron chi connectivity index (χ4n) is 3.68. The van der Waals surface area contributed by atoms with Crippen molar-refractivity contribution in [1.82, 2.24) is 4.90 Å². The van der Waals surface area contributed by atoms with Gasteiger partial charge in [0, 0.05) is 42.1 Å². The van der Waals surface area contributed by atoms with Crippen LogP contribution in [-0.4, -0.2) is 50.0 Å². The lowest BCUT2D eigenvalue weighted by atomic mass is 10.2. The van der Waals surface area contributed by atoms with Crippen molar-refractivity contribution in [3.8, 4) is 5.75 Å². The highest BCUT2D eigenvalue weighted by Crippen LogP contribution is 2.36. The van der Waals surface area contributed by atoms with Crippen molar-refractivity contribution in [2.24, 2.45) is 0 Å². The van der Waals surface area contributed by atoms with Crippen LogP contribution in [0.25, 0.3) is 0 Å². The molecule has 4 rings (SSSR count). The molecule has 3 aromatic carbocycles. The van der Waals surface area contributed by atoms with Crippen LogP contribution in [0.3, 0.4) is 0 Å². The first-order chi connectivity index (χ1) is 18.4. The number of anilines is 2. The zero-order chi connectivity index (χ0) is 27.1. The molecule has 0 bridgehead atoms. The van der Waals surface area contributed by atoms with E-state index in [-0.39, 0.29) is 23.1 Å². The molecule has 0 unspecified atom stereocenters. The van der Waals surface area contributed by atoms with E-state index in [1.165, 1.54) is 29.2 Å². The van der Waals surface area contributed by atoms with Crippen LogP contribution >= 0.6 is 11.8 Å². The van der Waals surface area contributed by atoms with E-state index in [9.17, 15) is 18.8 Å². The van der Waals surface area contributed by atoms with E-state index in [0.29, 0.717) is 40.6 Å². The van der Waals surface area contributed by atoms with Gasteiger partial charge in [0.05, 0.1) is 7.11 Å². The molecule has 0 aromatic heterocycles. The van der Waals surface area contributed by atoms with Gasteiger partial charge >= 0.3 is 0 Å². The number of benzene rings is 3. The number of hydrogen-bond acceptors (Lipinski definition) is 7. The molecule has 0 atom stereocenters. The maximum Gasteiger partial charge on any atom is 0.278 e. The van der Waals surface area contributed by atoms with Gasteiger partial charge in [-0.2, -0.15) is 0 Å². The van der Waals surface area contributed by atoms with Gasteiger partial charge in [0.25, 0.3) is 17.7 Å². The van der Waals surface area contributed by atoms with E-state index in [4.69, 9.17) is 9.47 Å². The SMILES string of the molecule is COCCCN1C(=O)C(Nc2ccc(F)cc2)=C(Sc2ccc(NC(=O)c3ccc(OC)cc3)cc2)C1=O. The molecule has 38 heavy (non-hydrogen) atoms. The minimum absolute atomic E-state index is 0.126. The smallest absolute Gasteiger partial charge is 0.278 e. The second-order valence-electron chi connectivity index (χ2n) is 8.25. The molecule has 2 N–H and O–H groups in total. The zero-order valence-electron chi connectivity index (χ0n) is 20.8. The second-order valence-corrected chi connectivity index (χ2v) is 9.34. The summed E-state index contributed by atoms with van der Waals surface area (Å²) in [6.45, 7) is 0.616. The van der Waals surface area contributed by atoms with E-state index < -0.39 is 17.6 Å². The van der Waals surface area contributed by atoms with Crippen LogP contribution in [-0.2, 0) is 14.3 Å². The number of ether oxygens (including phenoxy) is 2. The topological polar surface area (TPSA) is 97.0 Å². The molecule has 0 saturated heterocycles. The van der Waals surface area contributed by atoms with Crippen LogP contribution < -0.4 is 15.4 Å². The van der Waals surface area contributed by atoms with Gasteiger partial charge in [-0.3, -0.25) is 19.3 Å². The van der Waals surface area contributed by atoms with Gasteiger partial charge in [0.1, 0.15) is 22.2 Å². The summed E-state index contributed by atoms with van der Waals surface area (Å²) in [7, 11) is 3.11. The number of thioether (sulfide) groups is 1. The summed E-state index contributed by atoms with van der Waals surface area (Å²) in [5.74, 6) is -0.903. The Labute approximate surface area is 223 Å². The minimum Gasteiger partial charge on any atom is -0.497 e. The van der Waals surface area contributed by atoms with Crippen molar-refractivity contribution in [3.05, 3.63) is 94.8 Å². The fourth-order valence-corrected chi connectivity index (χ4v) is 4.62. The molecule has 0 fully saturated rings. The number of carbonyl (C=O) groups excluding carboxylic acids is 3. The summed E-state index contributed by atoms with van der Waals surface area (Å²) >= 11 is 1.14. The third-order valence-corrected chi connectivity index (χ3v) is 6.74. The number of amides is 3. The first kappa shape index (κ1) is 26.9. The van der Waals surface area contributed by atoms with Gasteiger partial charge in [-0.05, 0) is 79.2 Å². The third-order valence-electron chi connectivity index (χ3n) is 5.65. The Balaban J connectivity index is 1.51. The highest BCUT2D eigenvalue weighted by Gasteiger charge is 2.38. The lowest BCUT2D eigenvalue weighted by Gasteiger charge is -2.14. The lowest BCUT2D eigenvalue weighted by molar-refractivity contribution is -0.137. The Bertz CT molecular complexity index is 1340. The van der Waals surface area contributed by atoms with Gasteiger partial charge in [-0.15, -0.1) is 0 Å². The Morgan fingerprint density at radius 2 is 1.55 bits per heavy atom. The summed E-state index contributed by atoms with van der Waals surface area (Å²) in [4.78, 5) is 41.0. The third kappa shape index (κ3) is 6.39. The maximum absolute atomic E-state index is 13.4. The van der Waals surface area contributed by atoms with Gasteiger partial charge in [0.15, 0.2) is 0 Å². The standard InChI is InChI=1S/C28H26FN3O5S/c1-36-17-3-16-32-27(34)24(30-20-8-6-19(29)7-9-20)25(28(32)35)38-23-14-10-21(11-15-23)31-26(33)18-4-12-22(37-2)13-5-18/h4-15,30H,3,16-17H2,1-2H3,(H,31,33). The van der Waals surface area contributed by atoms with Crippen molar-refractivity contribution in [2.75, 3.05) is 38.0 Å². The van der Waals surface area contributed by atoms with Crippen LogP contribution in [0.5, 0.6) is 5.75 Å². The summed E-state index contributed by atoms with van der Waals surface area (Å²) in [5.41, 5.74) is 1.66. The van der Waals surface area contributed by atoms with Gasteiger partial charge < -0.3 is 20.1 Å². The van der Waals surface area contributed by atoms with Crippen molar-refractivity contribution < 1.29 is 28.2 Å². The number of rotatable bonds is 11. The van der Waals surface area contributed by atoms with Gasteiger partial charge in [0.2, 0.25) is 0 Å². The molecule has 1 heterocycles. The predicted molar refractivity (Wildman–Crippen MR) is 144 cm³/mol. The van der Waals surface area contributed by atoms with Crippen LogP contribution in [0.2, 0.25) is 0 Å². The molecule has 10 heteroatoms. The molecule has 3 amide bonds. The molecule has 196 valence electrons. The average Bonchev–Trinajstić information content (AvgIpc) is 3.14. The van der Waals surface area contributed by atoms with E-state index in [1.807, 2.05) is 0 Å². The van der Waals surface area contributed by atoms with Crippen LogP contribution in [0.15, 0.2) is 88.3 Å². The molecular weight excluding hydrogens is 509 g/mol. The molecule has 3 aromatic rings. The first-order valence-electron chi connectivity index (χ1n) is 11.7. The molecule has 0 spiro atoms. The summed E-state index contributed by atoms with van der Waals surface area (Å²) < 4.78 is 23.5. The number of halogens is 1. The quantitative estimate of drug-likeness (QED) is 0.266. The highest BCUT2D eigenvalue weighted by atomic mass is 32.2. The monoisotopic (exact) mass is 535 g/mol. The fraction of sp³-hybridized carbons (Fsp3) is 0.179. The number of imide groups is 1. The van der Waals surface area contributed by atoms with E-state index in [1.54, 1.807) is 62.8 Å². The Kier molecular flexibility index (Phi) is 8.77. The largest absolute Gasteiger partial charge is 0.497 e. The zero-order valence-corrected chi connectivity index (χ0v) is 21.6. The maximum atomic E-state index is 13.4. The Hall–Kier alpha value is -4.15. The van der Waals surface area contributed by atoms with Crippen molar-refractivity contribution in [2.45, 2.75) is 11.3 Å². The van der Waals surface area contributed by atoms with E-state index in [0.717, 1.165) is 11.8 Å². The number of carbonyl (C=O) groups is 3. The second kappa shape index (κ2) is 12.4. The number of nitrogens with zero attached hydrogens (tertiary/aromatic N) is 1. The normalized spacial score (nSPS) is 13.2. The van der Waals surface area contributed by atoms with Crippen LogP contribution in [0.4, 0.5) is 15.8 Å². The first-order valence-corrected chi connectivity index (χ1v) is 12.6. The molecular formula is C28H26FN3O5S. The summed E-state index contributed by atoms with van der Waals surface area (Å²) in [6.07, 6.45) is 0.498. The molecule has 1 aliphatic rings. The molecule has 8 nitrogen and oxygen atoms in total. The molecule has 0 saturated carbocycles. The number of methoxy groups -OCH3 is 2. The van der Waals surface area contributed by atoms with Gasteiger partial charge in [-0.1, -0.05) is 11.8 Å². The minimum atomic E-state index is -0.457. The average molecular weight is 536 g/mol. The lowest BCUT2D eigenvalue weighted by Crippen LogP contribution is -2.33. The van der Waals surface area contributed by atoms with E-state index in [2.05, 4.69) is 10.6 Å². The van der Waals surface area contributed by atoms with Crippen LogP contribution in [0, 0.1) is 5.82 Å². The van der Waals surface area contributed by atoms with E-state index >= 15 is 0 Å². The van der Waals surface area contributed by atoms with Crippen LogP contribution in [0.1, 0.15) is 16.8 Å². The molecule has 0 aliphatic carbocycles. The van der Waals surface area contributed by atoms with Crippen molar-refractivity contribution in [3.63, 3.8) is 0 Å². The molecule has 1 aliphatic heterocycles. The Morgan fingerprint density at radius 3 is 2.18 bits per heavy atom. The molecule has 0 radical (unpaired) electrons. The summed E-state index contributed by atoms with van der Waals surface area (Å²) in [6, 6.07) is 19.2. The Morgan fingerprint density at radius 1 is 0.895 bits per heavy atom. The number of nitrogens with one attached hydrogen (secondary N) is 2. The summed E-state index contributed by atoms with van der Waals surface area (Å²) in [5, 5.41) is 5.81. The highest BCUT2D eigenvalue weighted by molar-refractivity contribution is 8.04.